The van der Waals surface area contributed by atoms with Crippen LogP contribution in [0.5, 0.6) is 5.75 Å². The number of aromatic nitrogens is 3. The molecule has 0 aliphatic heterocycles. The van der Waals surface area contributed by atoms with Crippen LogP contribution in [0.2, 0.25) is 0 Å². The Labute approximate surface area is 280 Å². The molecule has 242 valence electrons. The highest BCUT2D eigenvalue weighted by Gasteiger charge is 2.28. The van der Waals surface area contributed by atoms with Crippen LogP contribution in [0.15, 0.2) is 83.8 Å². The average molecular weight is 659 g/mol. The van der Waals surface area contributed by atoms with E-state index in [9.17, 15) is 19.8 Å². The van der Waals surface area contributed by atoms with Crippen molar-refractivity contribution >= 4 is 50.5 Å². The molecule has 10 nitrogen and oxygen atoms in total. The molecule has 2 aromatic carbocycles. The number of para-hydroxylation sites is 1. The molecule has 0 spiro atoms. The highest BCUT2D eigenvalue weighted by molar-refractivity contribution is 7.17. The second-order valence-corrected chi connectivity index (χ2v) is 13.0. The summed E-state index contributed by atoms with van der Waals surface area (Å²) in [6.07, 6.45) is 5.74. The van der Waals surface area contributed by atoms with E-state index in [1.807, 2.05) is 67.6 Å². The van der Waals surface area contributed by atoms with E-state index in [-0.39, 0.29) is 27.9 Å². The first-order valence-corrected chi connectivity index (χ1v) is 16.7. The smallest absolute Gasteiger partial charge is 0.267 e. The summed E-state index contributed by atoms with van der Waals surface area (Å²) in [6.45, 7) is 2.18. The number of carbonyl (C=O) groups is 2. The van der Waals surface area contributed by atoms with Gasteiger partial charge in [-0.1, -0.05) is 36.4 Å². The summed E-state index contributed by atoms with van der Waals surface area (Å²) in [4.78, 5) is 47.6. The number of anilines is 2. The summed E-state index contributed by atoms with van der Waals surface area (Å²) in [7, 11) is 1.61. The Morgan fingerprint density at radius 1 is 0.958 bits per heavy atom. The fourth-order valence-corrected chi connectivity index (χ4v) is 7.58. The van der Waals surface area contributed by atoms with Crippen LogP contribution in [0.25, 0.3) is 16.7 Å². The van der Waals surface area contributed by atoms with Gasteiger partial charge in [0, 0.05) is 23.3 Å². The molecule has 1 aliphatic carbocycles. The Morgan fingerprint density at radius 3 is 2.50 bits per heavy atom. The Bertz CT molecular complexity index is 2320. The molecule has 0 saturated heterocycles. The molecule has 4 aromatic heterocycles. The third kappa shape index (κ3) is 5.77. The minimum atomic E-state index is -0.568. The molecule has 4 heterocycles. The van der Waals surface area contributed by atoms with E-state index in [2.05, 4.69) is 10.6 Å². The summed E-state index contributed by atoms with van der Waals surface area (Å²) in [5.41, 5.74) is 4.31. The predicted octanol–water partition coefficient (Wildman–Crippen LogP) is 6.13. The fourth-order valence-electron chi connectivity index (χ4n) is 6.30. The Balaban J connectivity index is 1.32. The molecule has 7 rings (SSSR count). The van der Waals surface area contributed by atoms with E-state index in [0.717, 1.165) is 53.0 Å². The summed E-state index contributed by atoms with van der Waals surface area (Å²) in [6, 6.07) is 22.0. The number of thiophene rings is 1. The van der Waals surface area contributed by atoms with Gasteiger partial charge in [-0.3, -0.25) is 24.2 Å². The number of fused-ring (bicyclic) bond motifs is 3. The maximum atomic E-state index is 14.1. The molecule has 3 N–H and O–H groups in total. The number of methoxy groups -OCH3 is 1. The molecule has 6 aromatic rings. The predicted molar refractivity (Wildman–Crippen MR) is 188 cm³/mol. The number of rotatable bonds is 8. The van der Waals surface area contributed by atoms with Crippen molar-refractivity contribution in [1.82, 2.24) is 14.0 Å². The van der Waals surface area contributed by atoms with Gasteiger partial charge in [-0.25, -0.2) is 4.98 Å². The summed E-state index contributed by atoms with van der Waals surface area (Å²) >= 11 is 1.41. The van der Waals surface area contributed by atoms with Crippen LogP contribution in [0.4, 0.5) is 10.7 Å². The number of carbonyl (C=O) groups excluding carboxylic acids is 2. The van der Waals surface area contributed by atoms with Crippen molar-refractivity contribution in [3.05, 3.63) is 128 Å². The van der Waals surface area contributed by atoms with E-state index >= 15 is 0 Å². The first-order valence-electron chi connectivity index (χ1n) is 15.9. The van der Waals surface area contributed by atoms with E-state index in [1.54, 1.807) is 23.9 Å². The Hall–Kier alpha value is -5.55. The minimum absolute atomic E-state index is 0.0181. The van der Waals surface area contributed by atoms with Crippen molar-refractivity contribution in [3.8, 4) is 5.75 Å². The van der Waals surface area contributed by atoms with Gasteiger partial charge >= 0.3 is 0 Å². The molecular weight excluding hydrogens is 625 g/mol. The van der Waals surface area contributed by atoms with Gasteiger partial charge in [0.2, 0.25) is 0 Å². The second kappa shape index (κ2) is 12.9. The van der Waals surface area contributed by atoms with Crippen molar-refractivity contribution in [3.63, 3.8) is 0 Å². The van der Waals surface area contributed by atoms with Crippen LogP contribution in [0.1, 0.15) is 55.1 Å². The van der Waals surface area contributed by atoms with Crippen molar-refractivity contribution in [1.29, 1.82) is 5.41 Å². The lowest BCUT2D eigenvalue weighted by atomic mass is 9.95. The van der Waals surface area contributed by atoms with Gasteiger partial charge in [-0.2, -0.15) is 0 Å². The number of amides is 2. The molecule has 48 heavy (non-hydrogen) atoms. The molecule has 0 fully saturated rings. The van der Waals surface area contributed by atoms with Crippen molar-refractivity contribution in [2.45, 2.75) is 45.6 Å². The largest absolute Gasteiger partial charge is 0.497 e. The number of nitrogens with one attached hydrogen (secondary N) is 3. The molecule has 0 atom stereocenters. The van der Waals surface area contributed by atoms with Gasteiger partial charge in [0.15, 0.2) is 0 Å². The standard InChI is InChI=1S/C37H34N6O4S/c1-22-9-8-19-43-32(22)40-33-28(37(43)46)21-27(31(38)42(33)20-18-23-14-16-25(47-2)17-15-23)34(44)41-36-30(26-12-6-7-13-29(26)48-36)35(45)39-24-10-4-3-5-11-24/h3-5,8-11,14-17,19,21,38H,6-7,12-13,18,20H2,1-2H3,(H,39,45)(H,41,44). The topological polar surface area (TPSA) is 131 Å². The van der Waals surface area contributed by atoms with Crippen molar-refractivity contribution < 1.29 is 14.3 Å². The molecule has 0 unspecified atom stereocenters. The number of nitrogens with zero attached hydrogens (tertiary/aromatic N) is 3. The minimum Gasteiger partial charge on any atom is -0.497 e. The van der Waals surface area contributed by atoms with E-state index in [4.69, 9.17) is 9.72 Å². The molecule has 0 radical (unpaired) electrons. The maximum absolute atomic E-state index is 14.1. The van der Waals surface area contributed by atoms with Crippen LogP contribution in [0, 0.1) is 12.3 Å². The maximum Gasteiger partial charge on any atom is 0.267 e. The van der Waals surface area contributed by atoms with Crippen LogP contribution in [0.3, 0.4) is 0 Å². The zero-order valence-electron chi connectivity index (χ0n) is 26.6. The molecule has 11 heteroatoms. The van der Waals surface area contributed by atoms with Gasteiger partial charge < -0.3 is 19.9 Å². The number of aryl methyl sites for hydroxylation is 4. The fraction of sp³-hybridized carbons (Fsp3) is 0.216. The average Bonchev–Trinajstić information content (AvgIpc) is 3.47. The zero-order valence-corrected chi connectivity index (χ0v) is 27.4. The number of ether oxygens (including phenoxy) is 1. The molecule has 1 aliphatic rings. The normalized spacial score (nSPS) is 12.5. The number of hydrogen-bond donors (Lipinski definition) is 3. The lowest BCUT2D eigenvalue weighted by Gasteiger charge is -2.16. The SMILES string of the molecule is COc1ccc(CCn2c(=N)c(C(=O)Nc3sc4c(c3C(=O)Nc3ccccc3)CCCC4)cc3c(=O)n4cccc(C)c4nc32)cc1. The van der Waals surface area contributed by atoms with E-state index in [1.165, 1.54) is 21.8 Å². The van der Waals surface area contributed by atoms with Gasteiger partial charge in [0.25, 0.3) is 17.4 Å². The van der Waals surface area contributed by atoms with Crippen LogP contribution >= 0.6 is 11.3 Å². The van der Waals surface area contributed by atoms with Crippen LogP contribution in [-0.2, 0) is 25.8 Å². The van der Waals surface area contributed by atoms with Gasteiger partial charge in [0.05, 0.1) is 23.6 Å². The third-order valence-electron chi connectivity index (χ3n) is 8.82. The first-order chi connectivity index (χ1) is 23.3. The van der Waals surface area contributed by atoms with Crippen molar-refractivity contribution in [2.24, 2.45) is 0 Å². The van der Waals surface area contributed by atoms with Gasteiger partial charge in [-0.05, 0) is 92.1 Å². The molecular formula is C37H34N6O4S. The summed E-state index contributed by atoms with van der Waals surface area (Å²) < 4.78 is 8.39. The highest BCUT2D eigenvalue weighted by atomic mass is 32.1. The second-order valence-electron chi connectivity index (χ2n) is 11.9. The lowest BCUT2D eigenvalue weighted by molar-refractivity contribution is 0.102. The molecule has 2 amide bonds. The quantitative estimate of drug-likeness (QED) is 0.169. The highest BCUT2D eigenvalue weighted by Crippen LogP contribution is 2.39. The zero-order chi connectivity index (χ0) is 33.4. The van der Waals surface area contributed by atoms with E-state index in [0.29, 0.717) is 40.5 Å². The van der Waals surface area contributed by atoms with Gasteiger partial charge in [0.1, 0.15) is 27.5 Å². The molecule has 0 saturated carbocycles. The number of benzene rings is 2. The Kier molecular flexibility index (Phi) is 8.36. The number of hydrogen-bond acceptors (Lipinski definition) is 7. The van der Waals surface area contributed by atoms with Crippen molar-refractivity contribution in [2.75, 3.05) is 17.7 Å². The van der Waals surface area contributed by atoms with E-state index < -0.39 is 5.91 Å². The first kappa shape index (κ1) is 31.1. The third-order valence-corrected chi connectivity index (χ3v) is 10.0. The number of pyridine rings is 2. The van der Waals surface area contributed by atoms with Crippen LogP contribution < -0.4 is 26.4 Å². The molecule has 0 bridgehead atoms. The Morgan fingerprint density at radius 2 is 1.73 bits per heavy atom. The lowest BCUT2D eigenvalue weighted by Crippen LogP contribution is -2.33. The van der Waals surface area contributed by atoms with Gasteiger partial charge in [-0.15, -0.1) is 11.3 Å². The van der Waals surface area contributed by atoms with Crippen LogP contribution in [-0.4, -0.2) is 32.9 Å². The summed E-state index contributed by atoms with van der Waals surface area (Å²) in [5, 5.41) is 15.9. The monoisotopic (exact) mass is 658 g/mol. The summed E-state index contributed by atoms with van der Waals surface area (Å²) in [5.74, 6) is -0.124.